The Hall–Kier alpha value is -2.23. The Bertz CT molecular complexity index is 682. The van der Waals surface area contributed by atoms with E-state index < -0.39 is 6.23 Å². The predicted octanol–water partition coefficient (Wildman–Crippen LogP) is 1.80. The van der Waals surface area contributed by atoms with Crippen LogP contribution in [0.3, 0.4) is 0 Å². The lowest BCUT2D eigenvalue weighted by molar-refractivity contribution is -0.119. The number of carbonyl (C=O) groups is 1. The van der Waals surface area contributed by atoms with E-state index in [2.05, 4.69) is 20.6 Å². The summed E-state index contributed by atoms with van der Waals surface area (Å²) in [4.78, 5) is 19.4. The van der Waals surface area contributed by atoms with Gasteiger partial charge < -0.3 is 25.5 Å². The normalized spacial score (nSPS) is 12.5. The number of nitrogens with zero attached hydrogens (tertiary/aromatic N) is 2. The number of hydrogen-bond acceptors (Lipinski definition) is 7. The molecular formula is C15H21N5O3S. The number of anilines is 1. The molecule has 0 aromatic carbocycles. The molecule has 0 bridgehead atoms. The molecule has 0 saturated heterocycles. The lowest BCUT2D eigenvalue weighted by Gasteiger charge is -2.07. The average molecular weight is 351 g/mol. The first-order valence-electron chi connectivity index (χ1n) is 7.49. The molecular weight excluding hydrogens is 330 g/mol. The minimum Gasteiger partial charge on any atom is -0.458 e. The summed E-state index contributed by atoms with van der Waals surface area (Å²) in [6, 6.07) is 3.64. The Labute approximate surface area is 144 Å². The van der Waals surface area contributed by atoms with Gasteiger partial charge in [-0.05, 0) is 19.1 Å². The minimum atomic E-state index is -0.398. The molecule has 1 unspecified atom stereocenters. The van der Waals surface area contributed by atoms with Crippen LogP contribution >= 0.6 is 11.3 Å². The van der Waals surface area contributed by atoms with E-state index >= 15 is 0 Å². The largest absolute Gasteiger partial charge is 0.458 e. The van der Waals surface area contributed by atoms with Crippen molar-refractivity contribution in [2.45, 2.75) is 26.6 Å². The molecule has 8 nitrogen and oxygen atoms in total. The molecule has 0 spiro atoms. The Balaban J connectivity index is 1.86. The van der Waals surface area contributed by atoms with Gasteiger partial charge in [0.15, 0.2) is 10.9 Å². The van der Waals surface area contributed by atoms with Crippen LogP contribution in [-0.2, 0) is 16.1 Å². The number of aliphatic imine (C=N–C) groups is 1. The summed E-state index contributed by atoms with van der Waals surface area (Å²) in [6.45, 7) is 4.65. The Morgan fingerprint density at radius 2 is 2.42 bits per heavy atom. The summed E-state index contributed by atoms with van der Waals surface area (Å²) in [5, 5.41) is 8.24. The fraction of sp³-hybridized carbons (Fsp3) is 0.400. The van der Waals surface area contributed by atoms with Crippen LogP contribution in [0.15, 0.2) is 26.9 Å². The molecule has 4 N–H and O–H groups in total. The number of nitrogens with one attached hydrogen (secondary N) is 2. The third kappa shape index (κ3) is 5.76. The highest BCUT2D eigenvalue weighted by Crippen LogP contribution is 2.26. The van der Waals surface area contributed by atoms with E-state index in [0.717, 1.165) is 5.69 Å². The van der Waals surface area contributed by atoms with E-state index in [4.69, 9.17) is 14.9 Å². The Kier molecular flexibility index (Phi) is 6.91. The van der Waals surface area contributed by atoms with Crippen molar-refractivity contribution in [3.63, 3.8) is 0 Å². The van der Waals surface area contributed by atoms with Gasteiger partial charge in [-0.15, -0.1) is 11.3 Å². The Morgan fingerprint density at radius 1 is 1.58 bits per heavy atom. The monoisotopic (exact) mass is 351 g/mol. The maximum absolute atomic E-state index is 10.9. The van der Waals surface area contributed by atoms with Crippen molar-refractivity contribution in [2.24, 2.45) is 10.7 Å². The first-order chi connectivity index (χ1) is 11.6. The van der Waals surface area contributed by atoms with Gasteiger partial charge in [-0.1, -0.05) is 0 Å². The Morgan fingerprint density at radius 3 is 3.17 bits per heavy atom. The highest BCUT2D eigenvalue weighted by atomic mass is 32.1. The second kappa shape index (κ2) is 9.16. The second-order valence-electron chi connectivity index (χ2n) is 4.85. The maximum Gasteiger partial charge on any atom is 0.217 e. The standard InChI is InChI=1S/C15H21N5O3S/c1-3-22-14(16)7-17-9-19-15-20-12(8-24-15)13-5-4-11(23-13)6-18-10(2)21/h4-5,8-9,14H,3,6-7,16H2,1-2H3,(H,18,21)(H,17,19,20). The van der Waals surface area contributed by atoms with Crippen LogP contribution < -0.4 is 16.4 Å². The molecule has 0 radical (unpaired) electrons. The van der Waals surface area contributed by atoms with Crippen LogP contribution in [0.5, 0.6) is 0 Å². The molecule has 0 fully saturated rings. The first kappa shape index (κ1) is 18.1. The summed E-state index contributed by atoms with van der Waals surface area (Å²) in [6.07, 6.45) is 1.15. The van der Waals surface area contributed by atoms with E-state index in [1.165, 1.54) is 18.3 Å². The summed E-state index contributed by atoms with van der Waals surface area (Å²) in [5.41, 5.74) is 6.39. The van der Waals surface area contributed by atoms with E-state index in [-0.39, 0.29) is 5.91 Å². The molecule has 0 saturated carbocycles. The van der Waals surface area contributed by atoms with E-state index in [1.54, 1.807) is 6.34 Å². The molecule has 1 atom stereocenters. The van der Waals surface area contributed by atoms with Gasteiger partial charge in [0.2, 0.25) is 5.91 Å². The molecule has 130 valence electrons. The zero-order chi connectivity index (χ0) is 17.4. The molecule has 2 heterocycles. The zero-order valence-corrected chi connectivity index (χ0v) is 14.4. The molecule has 2 aromatic rings. The maximum atomic E-state index is 10.9. The molecule has 0 aliphatic carbocycles. The van der Waals surface area contributed by atoms with E-state index in [9.17, 15) is 4.79 Å². The zero-order valence-electron chi connectivity index (χ0n) is 13.6. The van der Waals surface area contributed by atoms with Gasteiger partial charge in [0.1, 0.15) is 17.7 Å². The van der Waals surface area contributed by atoms with Gasteiger partial charge in [-0.3, -0.25) is 9.79 Å². The molecule has 2 aromatic heterocycles. The highest BCUT2D eigenvalue weighted by Gasteiger charge is 2.09. The number of furan rings is 1. The van der Waals surface area contributed by atoms with Crippen molar-refractivity contribution >= 4 is 28.7 Å². The van der Waals surface area contributed by atoms with Crippen LogP contribution in [0.25, 0.3) is 11.5 Å². The SMILES string of the molecule is CCOC(N)CN=CNc1nc(-c2ccc(CNC(C)=O)o2)cs1. The molecule has 2 rings (SSSR count). The molecule has 1 amide bonds. The summed E-state index contributed by atoms with van der Waals surface area (Å²) >= 11 is 1.44. The van der Waals surface area contributed by atoms with Crippen molar-refractivity contribution in [2.75, 3.05) is 18.5 Å². The van der Waals surface area contributed by atoms with Crippen LogP contribution in [0.2, 0.25) is 0 Å². The lowest BCUT2D eigenvalue weighted by atomic mass is 10.3. The fourth-order valence-electron chi connectivity index (χ4n) is 1.80. The van der Waals surface area contributed by atoms with Gasteiger partial charge in [0.05, 0.1) is 19.4 Å². The average Bonchev–Trinajstić information content (AvgIpc) is 3.19. The van der Waals surface area contributed by atoms with E-state index in [0.29, 0.717) is 36.3 Å². The number of amides is 1. The number of nitrogens with two attached hydrogens (primary N) is 1. The number of aromatic nitrogens is 1. The lowest BCUT2D eigenvalue weighted by Crippen LogP contribution is -2.27. The summed E-state index contributed by atoms with van der Waals surface area (Å²) in [5.74, 6) is 1.22. The van der Waals surface area contributed by atoms with Gasteiger partial charge in [-0.2, -0.15) is 0 Å². The smallest absolute Gasteiger partial charge is 0.217 e. The molecule has 0 aliphatic heterocycles. The highest BCUT2D eigenvalue weighted by molar-refractivity contribution is 7.14. The topological polar surface area (TPSA) is 115 Å². The number of thiazole rings is 1. The molecule has 0 aliphatic rings. The third-order valence-electron chi connectivity index (χ3n) is 2.88. The minimum absolute atomic E-state index is 0.101. The summed E-state index contributed by atoms with van der Waals surface area (Å²) in [7, 11) is 0. The fourth-order valence-corrected chi connectivity index (χ4v) is 2.46. The predicted molar refractivity (Wildman–Crippen MR) is 93.9 cm³/mol. The van der Waals surface area contributed by atoms with E-state index in [1.807, 2.05) is 24.4 Å². The number of hydrogen-bond donors (Lipinski definition) is 3. The van der Waals surface area contributed by atoms with Gasteiger partial charge >= 0.3 is 0 Å². The number of ether oxygens (including phenoxy) is 1. The molecule has 24 heavy (non-hydrogen) atoms. The van der Waals surface area contributed by atoms with Crippen LogP contribution in [0.4, 0.5) is 5.13 Å². The number of carbonyl (C=O) groups excluding carboxylic acids is 1. The van der Waals surface area contributed by atoms with Gasteiger partial charge in [0, 0.05) is 18.9 Å². The van der Waals surface area contributed by atoms with Crippen molar-refractivity contribution < 1.29 is 13.9 Å². The first-order valence-corrected chi connectivity index (χ1v) is 8.37. The van der Waals surface area contributed by atoms with Crippen molar-refractivity contribution in [1.82, 2.24) is 10.3 Å². The summed E-state index contributed by atoms with van der Waals surface area (Å²) < 4.78 is 10.8. The van der Waals surface area contributed by atoms with Gasteiger partial charge in [0.25, 0.3) is 0 Å². The van der Waals surface area contributed by atoms with Crippen LogP contribution in [0.1, 0.15) is 19.6 Å². The van der Waals surface area contributed by atoms with Crippen LogP contribution in [-0.4, -0.2) is 36.6 Å². The van der Waals surface area contributed by atoms with Crippen molar-refractivity contribution in [1.29, 1.82) is 0 Å². The quantitative estimate of drug-likeness (QED) is 0.360. The van der Waals surface area contributed by atoms with Crippen molar-refractivity contribution in [3.05, 3.63) is 23.3 Å². The number of rotatable bonds is 9. The molecule has 9 heteroatoms. The third-order valence-corrected chi connectivity index (χ3v) is 3.65. The second-order valence-corrected chi connectivity index (χ2v) is 5.70. The van der Waals surface area contributed by atoms with Crippen molar-refractivity contribution in [3.8, 4) is 11.5 Å². The van der Waals surface area contributed by atoms with Crippen LogP contribution in [0, 0.1) is 0 Å². The van der Waals surface area contributed by atoms with Gasteiger partial charge in [-0.25, -0.2) is 4.98 Å².